The molecule has 0 aliphatic carbocycles. The van der Waals surface area contributed by atoms with Gasteiger partial charge in [0.05, 0.1) is 0 Å². The van der Waals surface area contributed by atoms with Crippen molar-refractivity contribution in [3.8, 4) is 0 Å². The lowest BCUT2D eigenvalue weighted by molar-refractivity contribution is -0.583. The van der Waals surface area contributed by atoms with E-state index in [0.717, 1.165) is 0 Å². The Hall–Kier alpha value is -3.49. The SMILES string of the molecule is OC(C(F)(F)C(F)(F)C(F)(F)C(F)(F)OC(F)(C(F)(F)F)C(F)(F)F)(C(F)(F)C(F)(F)C(F)(F)C(F)(F)OC(F)(C(F)(F)F)C(F)(F)F)C(F)(OC(F)(F)C(F)(OC(F)(F)C(F)(F)C(F)(F)F)C(F)(F)F)C(F)(F)F. The zero-order chi connectivity index (χ0) is 62.3. The molecular weight excluding hydrogens is 1250 g/mol. The Balaban J connectivity index is 9.86. The fourth-order valence-corrected chi connectivity index (χ4v) is 4.12. The van der Waals surface area contributed by atoms with Crippen LogP contribution in [0.1, 0.15) is 0 Å². The monoisotopic (exact) mass is 1250 g/mol. The summed E-state index contributed by atoms with van der Waals surface area (Å²) < 4.78 is 647. The minimum absolute atomic E-state index is 0.167. The van der Waals surface area contributed by atoms with Gasteiger partial charge in [-0.3, -0.25) is 18.9 Å². The van der Waals surface area contributed by atoms with E-state index < -0.39 is 138 Å². The lowest BCUT2D eigenvalue weighted by atomic mass is 9.72. The predicted molar refractivity (Wildman–Crippen MR) is 121 cm³/mol. The standard InChI is InChI=1S/C23HF47O5/c24-2(25,4(28,29)6(32,33)20(63,64)73-10(39,15(48,49)50)16(51,52)53)1(71,3(26,27)5(30,31)7(34,35)21(65,66)74-11(40,17(54,55)56)18(57,58)59)9(38,14(45,46)47)72-23(69,70)12(41,19(60,61)62)75-22(67,68)8(36,37)13(42,43)44/h71H. The van der Waals surface area contributed by atoms with Gasteiger partial charge in [-0.05, 0) is 0 Å². The summed E-state index contributed by atoms with van der Waals surface area (Å²) in [5, 5.41) is 9.35. The fraction of sp³-hybridized carbons (Fsp3) is 1.00. The average molecular weight is 1250 g/mol. The van der Waals surface area contributed by atoms with Crippen molar-refractivity contribution in [2.75, 3.05) is 0 Å². The van der Waals surface area contributed by atoms with Crippen LogP contribution in [-0.4, -0.2) is 143 Å². The van der Waals surface area contributed by atoms with E-state index in [1.165, 1.54) is 0 Å². The third kappa shape index (κ3) is 9.94. The molecule has 0 aliphatic heterocycles. The fourth-order valence-electron chi connectivity index (χ4n) is 4.12. The number of ether oxygens (including phenoxy) is 4. The molecule has 0 heterocycles. The van der Waals surface area contributed by atoms with Crippen LogP contribution in [0.2, 0.25) is 0 Å². The van der Waals surface area contributed by atoms with Crippen molar-refractivity contribution >= 4 is 0 Å². The minimum Gasteiger partial charge on any atom is -0.373 e. The lowest BCUT2D eigenvalue weighted by Gasteiger charge is -2.54. The van der Waals surface area contributed by atoms with Crippen molar-refractivity contribution in [2.24, 2.45) is 0 Å². The van der Waals surface area contributed by atoms with E-state index in [9.17, 15) is 190 Å². The Kier molecular flexibility index (Phi) is 16.9. The maximum absolute atomic E-state index is 15.8. The Morgan fingerprint density at radius 1 is 0.160 bits per heavy atom. The molecule has 0 bridgehead atoms. The summed E-state index contributed by atoms with van der Waals surface area (Å²) >= 11 is 0. The van der Waals surface area contributed by atoms with Gasteiger partial charge < -0.3 is 5.11 Å². The van der Waals surface area contributed by atoms with E-state index in [1.54, 1.807) is 0 Å². The molecule has 5 nitrogen and oxygen atoms in total. The molecule has 52 heteroatoms. The second kappa shape index (κ2) is 17.8. The van der Waals surface area contributed by atoms with Crippen molar-refractivity contribution in [3.63, 3.8) is 0 Å². The van der Waals surface area contributed by atoms with E-state index in [0.29, 0.717) is 14.2 Å². The van der Waals surface area contributed by atoms with Crippen LogP contribution < -0.4 is 0 Å². The highest BCUT2D eigenvalue weighted by Crippen LogP contribution is 2.71. The van der Waals surface area contributed by atoms with E-state index in [4.69, 9.17) is 0 Å². The van der Waals surface area contributed by atoms with Gasteiger partial charge >= 0.3 is 133 Å². The predicted octanol–water partition coefficient (Wildman–Crippen LogP) is 14.2. The molecule has 0 aromatic heterocycles. The molecule has 452 valence electrons. The van der Waals surface area contributed by atoms with Gasteiger partial charge in [-0.15, -0.1) is 0 Å². The van der Waals surface area contributed by atoms with Crippen molar-refractivity contribution in [2.45, 2.75) is 138 Å². The lowest BCUT2D eigenvalue weighted by Crippen LogP contribution is -2.87. The average Bonchev–Trinajstić information content (AvgIpc) is 3.09. The van der Waals surface area contributed by atoms with E-state index in [2.05, 4.69) is 0 Å². The molecule has 0 spiro atoms. The van der Waals surface area contributed by atoms with Crippen LogP contribution >= 0.6 is 0 Å². The van der Waals surface area contributed by atoms with Gasteiger partial charge in [0.25, 0.3) is 5.60 Å². The summed E-state index contributed by atoms with van der Waals surface area (Å²) in [6, 6.07) is 0. The first-order valence-corrected chi connectivity index (χ1v) is 15.2. The van der Waals surface area contributed by atoms with Gasteiger partial charge in [0.15, 0.2) is 0 Å². The van der Waals surface area contributed by atoms with Crippen molar-refractivity contribution in [1.29, 1.82) is 0 Å². The first-order valence-electron chi connectivity index (χ1n) is 15.2. The molecule has 2 atom stereocenters. The first kappa shape index (κ1) is 71.5. The van der Waals surface area contributed by atoms with Crippen LogP contribution in [0.4, 0.5) is 206 Å². The molecule has 0 fully saturated rings. The number of alkyl halides is 47. The number of hydrogen-bond acceptors (Lipinski definition) is 5. The summed E-state index contributed by atoms with van der Waals surface area (Å²) in [4.78, 5) is 0. The van der Waals surface area contributed by atoms with Gasteiger partial charge in [-0.1, -0.05) is 0 Å². The summed E-state index contributed by atoms with van der Waals surface area (Å²) in [7, 11) is 0. The van der Waals surface area contributed by atoms with E-state index in [-0.39, 0.29) is 4.74 Å². The maximum Gasteiger partial charge on any atom is 0.462 e. The van der Waals surface area contributed by atoms with E-state index in [1.807, 2.05) is 0 Å². The summed E-state index contributed by atoms with van der Waals surface area (Å²) in [5.41, 5.74) is -11.8. The highest BCUT2D eigenvalue weighted by molar-refractivity contribution is 5.26. The van der Waals surface area contributed by atoms with Crippen LogP contribution in [0.25, 0.3) is 0 Å². The summed E-state index contributed by atoms with van der Waals surface area (Å²) in [6.45, 7) is 0. The number of aliphatic hydroxyl groups is 1. The Morgan fingerprint density at radius 3 is 0.520 bits per heavy atom. The number of hydrogen-bond donors (Lipinski definition) is 1. The van der Waals surface area contributed by atoms with Crippen molar-refractivity contribution in [3.05, 3.63) is 0 Å². The van der Waals surface area contributed by atoms with Gasteiger partial charge in [0.1, 0.15) is 0 Å². The van der Waals surface area contributed by atoms with Crippen LogP contribution in [-0.2, 0) is 18.9 Å². The zero-order valence-corrected chi connectivity index (χ0v) is 31.3. The molecule has 2 unspecified atom stereocenters. The van der Waals surface area contributed by atoms with Gasteiger partial charge in [-0.2, -0.15) is 206 Å². The maximum atomic E-state index is 15.8. The zero-order valence-electron chi connectivity index (χ0n) is 31.3. The number of rotatable bonds is 19. The van der Waals surface area contributed by atoms with Crippen molar-refractivity contribution < 1.29 is 230 Å². The Bertz CT molecular complexity index is 1890. The second-order valence-corrected chi connectivity index (χ2v) is 13.1. The molecule has 0 radical (unpaired) electrons. The molecule has 0 amide bonds. The van der Waals surface area contributed by atoms with Crippen LogP contribution in [0, 0.1) is 0 Å². The van der Waals surface area contributed by atoms with Crippen LogP contribution in [0.15, 0.2) is 0 Å². The quantitative estimate of drug-likeness (QED) is 0.131. The molecule has 1 N–H and O–H groups in total. The van der Waals surface area contributed by atoms with Gasteiger partial charge in [0.2, 0.25) is 0 Å². The molecular formula is C23HF47O5. The summed E-state index contributed by atoms with van der Waals surface area (Å²) in [6.07, 6.45) is -104. The van der Waals surface area contributed by atoms with Crippen molar-refractivity contribution in [1.82, 2.24) is 0 Å². The van der Waals surface area contributed by atoms with E-state index >= 15 is 22.0 Å². The van der Waals surface area contributed by atoms with Crippen LogP contribution in [0.3, 0.4) is 0 Å². The van der Waals surface area contributed by atoms with Gasteiger partial charge in [0, 0.05) is 0 Å². The largest absolute Gasteiger partial charge is 0.462 e. The number of halogens is 47. The highest BCUT2D eigenvalue weighted by atomic mass is 19.5. The topological polar surface area (TPSA) is 57.2 Å². The van der Waals surface area contributed by atoms with Gasteiger partial charge in [-0.25, -0.2) is 0 Å². The molecule has 0 saturated heterocycles. The molecule has 0 aromatic carbocycles. The Labute approximate surface area is 370 Å². The Morgan fingerprint density at radius 2 is 0.333 bits per heavy atom. The third-order valence-electron chi connectivity index (χ3n) is 8.04. The second-order valence-electron chi connectivity index (χ2n) is 13.1. The molecule has 0 aliphatic rings. The molecule has 0 aromatic rings. The molecule has 75 heavy (non-hydrogen) atoms. The minimum atomic E-state index is -11.8. The third-order valence-corrected chi connectivity index (χ3v) is 8.04. The molecule has 0 saturated carbocycles. The smallest absolute Gasteiger partial charge is 0.373 e. The summed E-state index contributed by atoms with van der Waals surface area (Å²) in [5.74, 6) is -116. The highest BCUT2D eigenvalue weighted by Gasteiger charge is 3.03. The van der Waals surface area contributed by atoms with Crippen LogP contribution in [0.5, 0.6) is 0 Å². The normalized spacial score (nSPS) is 18.6. The molecule has 0 rings (SSSR count). The first-order chi connectivity index (χ1) is 31.3.